The Hall–Kier alpha value is -1.52. The van der Waals surface area contributed by atoms with E-state index in [2.05, 4.69) is 11.9 Å². The zero-order chi connectivity index (χ0) is 14.0. The Balaban J connectivity index is 1.96. The minimum atomic E-state index is -0.713. The molecule has 3 aliphatic rings. The lowest BCUT2D eigenvalue weighted by Gasteiger charge is -2.51. The molecule has 0 heterocycles. The number of rotatable bonds is 4. The van der Waals surface area contributed by atoms with E-state index in [1.54, 1.807) is 0 Å². The van der Waals surface area contributed by atoms with Gasteiger partial charge in [0.05, 0.1) is 5.41 Å². The minimum Gasteiger partial charge on any atom is -0.481 e. The first-order chi connectivity index (χ1) is 8.97. The van der Waals surface area contributed by atoms with Gasteiger partial charge in [-0.2, -0.15) is 0 Å². The van der Waals surface area contributed by atoms with E-state index >= 15 is 0 Å². The smallest absolute Gasteiger partial charge is 0.407 e. The van der Waals surface area contributed by atoms with E-state index in [1.807, 2.05) is 6.92 Å². The number of carboxylic acids is 1. The van der Waals surface area contributed by atoms with Crippen molar-refractivity contribution in [3.63, 3.8) is 0 Å². The molecule has 0 aromatic rings. The molecule has 4 atom stereocenters. The molecule has 5 nitrogen and oxygen atoms in total. The van der Waals surface area contributed by atoms with E-state index in [4.69, 9.17) is 4.74 Å². The number of amides is 1. The monoisotopic (exact) mass is 267 g/mol. The molecule has 0 unspecified atom stereocenters. The van der Waals surface area contributed by atoms with Gasteiger partial charge in [0.2, 0.25) is 0 Å². The van der Waals surface area contributed by atoms with Crippen LogP contribution in [0.1, 0.15) is 32.6 Å². The normalized spacial score (nSPS) is 36.6. The summed E-state index contributed by atoms with van der Waals surface area (Å²) in [5.41, 5.74) is -0.633. The number of alkyl carbamates (subject to hydrolysis) is 1. The van der Waals surface area contributed by atoms with Crippen molar-refractivity contribution in [1.82, 2.24) is 5.32 Å². The Morgan fingerprint density at radius 2 is 2.26 bits per heavy atom. The van der Waals surface area contributed by atoms with E-state index in [0.29, 0.717) is 6.42 Å². The number of ether oxygens (including phenoxy) is 1. The first-order valence-electron chi connectivity index (χ1n) is 6.75. The van der Waals surface area contributed by atoms with Crippen LogP contribution in [0.3, 0.4) is 0 Å². The second kappa shape index (κ2) is 5.23. The van der Waals surface area contributed by atoms with Gasteiger partial charge in [0.15, 0.2) is 0 Å². The first-order valence-corrected chi connectivity index (χ1v) is 6.75. The highest BCUT2D eigenvalue weighted by Gasteiger charge is 2.53. The average molecular weight is 267 g/mol. The summed E-state index contributed by atoms with van der Waals surface area (Å²) in [4.78, 5) is 23.0. The summed E-state index contributed by atoms with van der Waals surface area (Å²) >= 11 is 0. The topological polar surface area (TPSA) is 75.6 Å². The van der Waals surface area contributed by atoms with Crippen molar-refractivity contribution in [3.05, 3.63) is 12.7 Å². The molecule has 19 heavy (non-hydrogen) atoms. The van der Waals surface area contributed by atoms with Gasteiger partial charge in [0.1, 0.15) is 6.61 Å². The van der Waals surface area contributed by atoms with Gasteiger partial charge in [-0.05, 0) is 44.4 Å². The molecule has 0 radical (unpaired) electrons. The molecule has 5 heteroatoms. The maximum absolute atomic E-state index is 11.5. The van der Waals surface area contributed by atoms with E-state index in [-0.39, 0.29) is 24.5 Å². The van der Waals surface area contributed by atoms with Crippen molar-refractivity contribution in [2.24, 2.45) is 17.3 Å². The number of nitrogens with one attached hydrogen (secondary N) is 1. The van der Waals surface area contributed by atoms with Crippen LogP contribution in [0.2, 0.25) is 0 Å². The zero-order valence-corrected chi connectivity index (χ0v) is 11.2. The number of carbonyl (C=O) groups excluding carboxylic acids is 1. The lowest BCUT2D eigenvalue weighted by atomic mass is 9.55. The van der Waals surface area contributed by atoms with Crippen LogP contribution in [-0.4, -0.2) is 29.8 Å². The third kappa shape index (κ3) is 2.60. The highest BCUT2D eigenvalue weighted by molar-refractivity contribution is 5.75. The molecule has 0 aromatic carbocycles. The van der Waals surface area contributed by atoms with Crippen molar-refractivity contribution < 1.29 is 19.4 Å². The van der Waals surface area contributed by atoms with Crippen LogP contribution in [0.4, 0.5) is 4.79 Å². The lowest BCUT2D eigenvalue weighted by Crippen LogP contribution is -2.55. The number of hydrogen-bond donors (Lipinski definition) is 2. The highest BCUT2D eigenvalue weighted by Crippen LogP contribution is 2.52. The lowest BCUT2D eigenvalue weighted by molar-refractivity contribution is -0.159. The Morgan fingerprint density at radius 3 is 2.79 bits per heavy atom. The van der Waals surface area contributed by atoms with Gasteiger partial charge in [-0.3, -0.25) is 4.79 Å². The van der Waals surface area contributed by atoms with E-state index in [1.165, 1.54) is 6.08 Å². The summed E-state index contributed by atoms with van der Waals surface area (Å²) in [6.45, 7) is 5.51. The molecule has 106 valence electrons. The third-order valence-corrected chi connectivity index (χ3v) is 4.70. The molecule has 0 aromatic heterocycles. The number of carbonyl (C=O) groups is 2. The van der Waals surface area contributed by atoms with Gasteiger partial charge in [-0.25, -0.2) is 4.79 Å². The Morgan fingerprint density at radius 1 is 1.53 bits per heavy atom. The molecule has 2 N–H and O–H groups in total. The summed E-state index contributed by atoms with van der Waals surface area (Å²) in [6.07, 6.45) is 4.38. The maximum atomic E-state index is 11.5. The van der Waals surface area contributed by atoms with Crippen LogP contribution in [0.25, 0.3) is 0 Å². The van der Waals surface area contributed by atoms with Crippen molar-refractivity contribution in [2.75, 3.05) is 6.61 Å². The largest absolute Gasteiger partial charge is 0.481 e. The Bertz CT molecular complexity index is 395. The van der Waals surface area contributed by atoms with Crippen molar-refractivity contribution in [1.29, 1.82) is 0 Å². The number of carboxylic acid groups (broad SMARTS) is 1. The number of fused-ring (bicyclic) bond motifs is 3. The van der Waals surface area contributed by atoms with Gasteiger partial charge in [0.25, 0.3) is 0 Å². The summed E-state index contributed by atoms with van der Waals surface area (Å²) in [5, 5.41) is 12.2. The molecule has 3 saturated carbocycles. The molecule has 0 saturated heterocycles. The summed E-state index contributed by atoms with van der Waals surface area (Å²) in [7, 11) is 0. The molecule has 3 rings (SSSR count). The van der Waals surface area contributed by atoms with Crippen LogP contribution in [0.5, 0.6) is 0 Å². The quantitative estimate of drug-likeness (QED) is 0.765. The molecular weight excluding hydrogens is 246 g/mol. The first kappa shape index (κ1) is 13.9. The molecule has 0 spiro atoms. The van der Waals surface area contributed by atoms with Gasteiger partial charge in [-0.15, -0.1) is 0 Å². The molecule has 3 fully saturated rings. The van der Waals surface area contributed by atoms with Crippen LogP contribution in [0.15, 0.2) is 12.7 Å². The maximum Gasteiger partial charge on any atom is 0.407 e. The fourth-order valence-corrected chi connectivity index (χ4v) is 3.53. The summed E-state index contributed by atoms with van der Waals surface area (Å²) in [6, 6.07) is 0.0449. The van der Waals surface area contributed by atoms with Crippen molar-refractivity contribution in [3.8, 4) is 0 Å². The number of hydrogen-bond acceptors (Lipinski definition) is 3. The third-order valence-electron chi connectivity index (χ3n) is 4.70. The van der Waals surface area contributed by atoms with Crippen molar-refractivity contribution >= 4 is 12.1 Å². The van der Waals surface area contributed by atoms with Crippen molar-refractivity contribution in [2.45, 2.75) is 38.6 Å². The van der Waals surface area contributed by atoms with E-state index < -0.39 is 17.5 Å². The summed E-state index contributed by atoms with van der Waals surface area (Å²) < 4.78 is 4.92. The minimum absolute atomic E-state index is 0.0449. The molecule has 2 bridgehead atoms. The number of aliphatic carboxylic acids is 1. The average Bonchev–Trinajstić information content (AvgIpc) is 2.37. The standard InChI is InChI=1S/C14H21NO4/c1-3-6-19-13(18)15-11-7-10-5-4-9(11)8-14(10,2)12(16)17/h3,9-11H,1,4-8H2,2H3,(H,15,18)(H,16,17)/t9-,10-,11-,14-/m0/s1. The molecule has 3 aliphatic carbocycles. The fraction of sp³-hybridized carbons (Fsp3) is 0.714. The fourth-order valence-electron chi connectivity index (χ4n) is 3.53. The van der Waals surface area contributed by atoms with Crippen LogP contribution < -0.4 is 5.32 Å². The molecule has 1 amide bonds. The second-order valence-corrected chi connectivity index (χ2v) is 5.83. The Labute approximate surface area is 113 Å². The Kier molecular flexibility index (Phi) is 3.83. The zero-order valence-electron chi connectivity index (χ0n) is 11.2. The summed E-state index contributed by atoms with van der Waals surface area (Å²) in [5.74, 6) is -0.336. The second-order valence-electron chi connectivity index (χ2n) is 5.83. The highest BCUT2D eigenvalue weighted by atomic mass is 16.5. The van der Waals surface area contributed by atoms with Gasteiger partial charge in [-0.1, -0.05) is 12.7 Å². The predicted molar refractivity (Wildman–Crippen MR) is 69.7 cm³/mol. The SMILES string of the molecule is C=CCOC(=O)N[C@H]1C[C@@H]2CC[C@H]1C[C@]2(C)C(=O)O. The van der Waals surface area contributed by atoms with Gasteiger partial charge < -0.3 is 15.2 Å². The van der Waals surface area contributed by atoms with Gasteiger partial charge >= 0.3 is 12.1 Å². The van der Waals surface area contributed by atoms with Crippen LogP contribution in [0, 0.1) is 17.3 Å². The molecular formula is C14H21NO4. The van der Waals surface area contributed by atoms with E-state index in [9.17, 15) is 14.7 Å². The predicted octanol–water partition coefficient (Wildman–Crippen LogP) is 2.18. The van der Waals surface area contributed by atoms with Gasteiger partial charge in [0, 0.05) is 6.04 Å². The van der Waals surface area contributed by atoms with E-state index in [0.717, 1.165) is 19.3 Å². The molecule has 0 aliphatic heterocycles. The van der Waals surface area contributed by atoms with Crippen LogP contribution in [-0.2, 0) is 9.53 Å². The van der Waals surface area contributed by atoms with Crippen LogP contribution >= 0.6 is 0 Å².